The molecule has 0 saturated heterocycles. The van der Waals surface area contributed by atoms with Gasteiger partial charge in [-0.1, -0.05) is 6.58 Å². The quantitative estimate of drug-likeness (QED) is 0.290. The fourth-order valence-electron chi connectivity index (χ4n) is 0.612. The zero-order valence-electron chi connectivity index (χ0n) is 8.08. The number of carbonyl (C=O) groups excluding carboxylic acids is 1. The second kappa shape index (κ2) is 6.62. The van der Waals surface area contributed by atoms with Crippen LogP contribution in [-0.2, 0) is 14.3 Å². The molecule has 1 unspecified atom stereocenters. The molecule has 13 heavy (non-hydrogen) atoms. The first-order valence-corrected chi connectivity index (χ1v) is 4.20. The third kappa shape index (κ3) is 6.31. The molecule has 0 aromatic carbocycles. The highest BCUT2D eigenvalue weighted by Gasteiger charge is 2.10. The number of aliphatic hydroxyl groups excluding tert-OH is 1. The first-order chi connectivity index (χ1) is 6.07. The molecule has 76 valence electrons. The van der Waals surface area contributed by atoms with Gasteiger partial charge in [0.1, 0.15) is 0 Å². The molecule has 0 aromatic heterocycles. The molecular weight excluding hydrogens is 172 g/mol. The van der Waals surface area contributed by atoms with E-state index in [0.717, 1.165) is 0 Å². The Kier molecular flexibility index (Phi) is 6.18. The first kappa shape index (κ1) is 12.1. The van der Waals surface area contributed by atoms with Crippen LogP contribution in [0, 0.1) is 0 Å². The highest BCUT2D eigenvalue weighted by molar-refractivity contribution is 5.86. The van der Waals surface area contributed by atoms with E-state index in [9.17, 15) is 4.79 Å². The lowest BCUT2D eigenvalue weighted by atomic mass is 10.3. The van der Waals surface area contributed by atoms with Crippen molar-refractivity contribution in [2.45, 2.75) is 26.6 Å². The summed E-state index contributed by atoms with van der Waals surface area (Å²) >= 11 is 0. The van der Waals surface area contributed by atoms with Crippen LogP contribution in [0.25, 0.3) is 0 Å². The average molecular weight is 188 g/mol. The second-order valence-electron chi connectivity index (χ2n) is 2.63. The summed E-state index contributed by atoms with van der Waals surface area (Å²) in [5, 5.41) is 9.13. The standard InChI is InChI=1S/C9H16O4/c1-4-12-6-5-8(10)13-9(11)7(2)3/h8,10H,2,4-6H2,1,3H3. The van der Waals surface area contributed by atoms with E-state index in [2.05, 4.69) is 11.3 Å². The van der Waals surface area contributed by atoms with Crippen molar-refractivity contribution in [3.8, 4) is 0 Å². The topological polar surface area (TPSA) is 55.8 Å². The molecule has 0 radical (unpaired) electrons. The Bertz CT molecular complexity index is 176. The van der Waals surface area contributed by atoms with Crippen LogP contribution in [0.3, 0.4) is 0 Å². The van der Waals surface area contributed by atoms with Crippen molar-refractivity contribution in [3.63, 3.8) is 0 Å². The maximum atomic E-state index is 10.9. The van der Waals surface area contributed by atoms with Crippen LogP contribution >= 0.6 is 0 Å². The van der Waals surface area contributed by atoms with Crippen molar-refractivity contribution in [2.75, 3.05) is 13.2 Å². The molecule has 1 N–H and O–H groups in total. The van der Waals surface area contributed by atoms with Gasteiger partial charge in [-0.3, -0.25) is 0 Å². The monoisotopic (exact) mass is 188 g/mol. The van der Waals surface area contributed by atoms with Crippen LogP contribution in [0.15, 0.2) is 12.2 Å². The minimum Gasteiger partial charge on any atom is -0.433 e. The fraction of sp³-hybridized carbons (Fsp3) is 0.667. The minimum absolute atomic E-state index is 0.274. The largest absolute Gasteiger partial charge is 0.433 e. The van der Waals surface area contributed by atoms with Gasteiger partial charge in [0.05, 0.1) is 6.61 Å². The summed E-state index contributed by atoms with van der Waals surface area (Å²) in [7, 11) is 0. The molecular formula is C9H16O4. The van der Waals surface area contributed by atoms with Gasteiger partial charge in [0.2, 0.25) is 6.29 Å². The van der Waals surface area contributed by atoms with E-state index in [1.807, 2.05) is 6.92 Å². The van der Waals surface area contributed by atoms with Crippen molar-refractivity contribution in [1.29, 1.82) is 0 Å². The Labute approximate surface area is 78.2 Å². The summed E-state index contributed by atoms with van der Waals surface area (Å²) < 4.78 is 9.57. The molecule has 0 aliphatic rings. The van der Waals surface area contributed by atoms with Crippen LogP contribution in [0.5, 0.6) is 0 Å². The van der Waals surface area contributed by atoms with Crippen LogP contribution < -0.4 is 0 Å². The lowest BCUT2D eigenvalue weighted by Crippen LogP contribution is -2.19. The normalized spacial score (nSPS) is 12.2. The Hall–Kier alpha value is -0.870. The van der Waals surface area contributed by atoms with E-state index >= 15 is 0 Å². The number of hydrogen-bond donors (Lipinski definition) is 1. The van der Waals surface area contributed by atoms with E-state index in [4.69, 9.17) is 9.84 Å². The zero-order chi connectivity index (χ0) is 10.3. The zero-order valence-corrected chi connectivity index (χ0v) is 8.08. The number of ether oxygens (including phenoxy) is 2. The Morgan fingerprint density at radius 1 is 1.62 bits per heavy atom. The van der Waals surface area contributed by atoms with Crippen molar-refractivity contribution in [3.05, 3.63) is 12.2 Å². The van der Waals surface area contributed by atoms with Gasteiger partial charge in [0.25, 0.3) is 0 Å². The fourth-order valence-corrected chi connectivity index (χ4v) is 0.612. The van der Waals surface area contributed by atoms with Gasteiger partial charge in [-0.2, -0.15) is 0 Å². The molecule has 0 bridgehead atoms. The molecule has 4 heteroatoms. The molecule has 0 spiro atoms. The predicted molar refractivity (Wildman–Crippen MR) is 48.0 cm³/mol. The van der Waals surface area contributed by atoms with E-state index in [1.165, 1.54) is 6.92 Å². The molecule has 0 amide bonds. The van der Waals surface area contributed by atoms with Crippen LogP contribution in [0.4, 0.5) is 0 Å². The summed E-state index contributed by atoms with van der Waals surface area (Å²) in [5.41, 5.74) is 0.274. The van der Waals surface area contributed by atoms with E-state index < -0.39 is 12.3 Å². The van der Waals surface area contributed by atoms with Gasteiger partial charge in [-0.25, -0.2) is 4.79 Å². The maximum absolute atomic E-state index is 10.9. The molecule has 1 atom stereocenters. The molecule has 0 aliphatic carbocycles. The van der Waals surface area contributed by atoms with E-state index in [0.29, 0.717) is 13.2 Å². The number of rotatable bonds is 6. The second-order valence-corrected chi connectivity index (χ2v) is 2.63. The van der Waals surface area contributed by atoms with Crippen molar-refractivity contribution in [1.82, 2.24) is 0 Å². The molecule has 0 heterocycles. The summed E-state index contributed by atoms with van der Waals surface area (Å²) in [4.78, 5) is 10.9. The third-order valence-electron chi connectivity index (χ3n) is 1.30. The predicted octanol–water partition coefficient (Wildman–Crippen LogP) is 0.851. The van der Waals surface area contributed by atoms with E-state index in [-0.39, 0.29) is 12.0 Å². The van der Waals surface area contributed by atoms with Gasteiger partial charge in [-0.05, 0) is 13.8 Å². The molecule has 0 aromatic rings. The van der Waals surface area contributed by atoms with Crippen LogP contribution in [0.1, 0.15) is 20.3 Å². The lowest BCUT2D eigenvalue weighted by molar-refractivity contribution is -0.165. The number of hydrogen-bond acceptors (Lipinski definition) is 4. The highest BCUT2D eigenvalue weighted by Crippen LogP contribution is 2.00. The lowest BCUT2D eigenvalue weighted by Gasteiger charge is -2.11. The van der Waals surface area contributed by atoms with Crippen molar-refractivity contribution >= 4 is 5.97 Å². The molecule has 0 aliphatic heterocycles. The Balaban J connectivity index is 3.55. The number of aliphatic hydroxyl groups is 1. The molecule has 0 fully saturated rings. The van der Waals surface area contributed by atoms with Gasteiger partial charge in [0, 0.05) is 18.6 Å². The van der Waals surface area contributed by atoms with Gasteiger partial charge >= 0.3 is 5.97 Å². The number of esters is 1. The summed E-state index contributed by atoms with van der Waals surface area (Å²) in [6.07, 6.45) is -0.817. The SMILES string of the molecule is C=C(C)C(=O)OC(O)CCOCC. The van der Waals surface area contributed by atoms with Gasteiger partial charge in [0.15, 0.2) is 0 Å². The van der Waals surface area contributed by atoms with Gasteiger partial charge in [-0.15, -0.1) is 0 Å². The first-order valence-electron chi connectivity index (χ1n) is 4.20. The van der Waals surface area contributed by atoms with E-state index in [1.54, 1.807) is 0 Å². The molecule has 0 saturated carbocycles. The average Bonchev–Trinajstić information content (AvgIpc) is 2.04. The summed E-state index contributed by atoms with van der Waals surface area (Å²) in [6, 6.07) is 0. The Morgan fingerprint density at radius 2 is 2.23 bits per heavy atom. The third-order valence-corrected chi connectivity index (χ3v) is 1.30. The van der Waals surface area contributed by atoms with Crippen LogP contribution in [-0.4, -0.2) is 30.6 Å². The van der Waals surface area contributed by atoms with Crippen LogP contribution in [0.2, 0.25) is 0 Å². The van der Waals surface area contributed by atoms with Crippen molar-refractivity contribution in [2.24, 2.45) is 0 Å². The summed E-state index contributed by atoms with van der Waals surface area (Å²) in [6.45, 7) is 7.73. The summed E-state index contributed by atoms with van der Waals surface area (Å²) in [5.74, 6) is -0.580. The highest BCUT2D eigenvalue weighted by atomic mass is 16.6. The Morgan fingerprint density at radius 3 is 2.69 bits per heavy atom. The minimum atomic E-state index is -1.10. The number of carbonyl (C=O) groups is 1. The van der Waals surface area contributed by atoms with Gasteiger partial charge < -0.3 is 14.6 Å². The smallest absolute Gasteiger partial charge is 0.335 e. The van der Waals surface area contributed by atoms with Crippen molar-refractivity contribution < 1.29 is 19.4 Å². The maximum Gasteiger partial charge on any atom is 0.335 e. The molecule has 4 nitrogen and oxygen atoms in total. The molecule has 0 rings (SSSR count).